The third-order valence-electron chi connectivity index (χ3n) is 2.84. The molecule has 0 N–H and O–H groups in total. The van der Waals surface area contributed by atoms with E-state index in [1.807, 2.05) is 0 Å². The van der Waals surface area contributed by atoms with Gasteiger partial charge in [-0.25, -0.2) is 0 Å². The molecule has 0 amide bonds. The van der Waals surface area contributed by atoms with Gasteiger partial charge >= 0.3 is 5.97 Å². The first-order chi connectivity index (χ1) is 7.18. The highest BCUT2D eigenvalue weighted by atomic mass is 32.1. The molecule has 0 saturated carbocycles. The van der Waals surface area contributed by atoms with Crippen LogP contribution >= 0.6 is 11.3 Å². The van der Waals surface area contributed by atoms with Crippen molar-refractivity contribution >= 4 is 17.3 Å². The number of methoxy groups -OCH3 is 1. The van der Waals surface area contributed by atoms with Crippen LogP contribution in [0.1, 0.15) is 10.4 Å². The first-order valence-electron chi connectivity index (χ1n) is 4.87. The number of carbonyl (C=O) groups is 1. The molecule has 4 heteroatoms. The summed E-state index contributed by atoms with van der Waals surface area (Å²) < 4.78 is 9.99. The maximum atomic E-state index is 11.7. The van der Waals surface area contributed by atoms with Crippen molar-refractivity contribution in [1.82, 2.24) is 0 Å². The number of hydrogen-bond acceptors (Lipinski definition) is 4. The molecule has 1 fully saturated rings. The minimum Gasteiger partial charge on any atom is -0.468 e. The molecule has 0 unspecified atom stereocenters. The molecule has 82 valence electrons. The smallest absolute Gasteiger partial charge is 0.316 e. The van der Waals surface area contributed by atoms with Gasteiger partial charge in [0.25, 0.3) is 0 Å². The van der Waals surface area contributed by atoms with Gasteiger partial charge in [0.05, 0.1) is 20.3 Å². The lowest BCUT2D eigenvalue weighted by Gasteiger charge is -2.38. The molecular formula is C11H14O3S. The molecule has 0 atom stereocenters. The van der Waals surface area contributed by atoms with Crippen LogP contribution in [0.25, 0.3) is 0 Å². The molecular weight excluding hydrogens is 212 g/mol. The van der Waals surface area contributed by atoms with E-state index in [1.165, 1.54) is 17.6 Å². The van der Waals surface area contributed by atoms with Crippen LogP contribution in [-0.2, 0) is 20.7 Å². The van der Waals surface area contributed by atoms with Gasteiger partial charge in [-0.1, -0.05) is 0 Å². The van der Waals surface area contributed by atoms with Crippen LogP contribution in [-0.4, -0.2) is 26.3 Å². The summed E-state index contributed by atoms with van der Waals surface area (Å²) in [6.07, 6.45) is 0.739. The quantitative estimate of drug-likeness (QED) is 0.737. The largest absolute Gasteiger partial charge is 0.468 e. The highest BCUT2D eigenvalue weighted by Crippen LogP contribution is 2.35. The molecule has 0 radical (unpaired) electrons. The molecule has 1 aliphatic heterocycles. The fraction of sp³-hybridized carbons (Fsp3) is 0.545. The molecule has 0 aromatic carbocycles. The predicted octanol–water partition coefficient (Wildman–Crippen LogP) is 1.79. The molecule has 1 aliphatic rings. The van der Waals surface area contributed by atoms with Gasteiger partial charge < -0.3 is 9.47 Å². The van der Waals surface area contributed by atoms with E-state index in [0.717, 1.165) is 6.42 Å². The molecule has 0 spiro atoms. The maximum Gasteiger partial charge on any atom is 0.316 e. The molecule has 0 bridgehead atoms. The number of hydrogen-bond donors (Lipinski definition) is 0. The first kappa shape index (κ1) is 10.6. The van der Waals surface area contributed by atoms with Crippen molar-refractivity contribution in [3.63, 3.8) is 0 Å². The van der Waals surface area contributed by atoms with Gasteiger partial charge in [-0.15, -0.1) is 11.3 Å². The molecule has 2 heterocycles. The van der Waals surface area contributed by atoms with Crippen molar-refractivity contribution in [2.45, 2.75) is 13.3 Å². The van der Waals surface area contributed by atoms with E-state index in [-0.39, 0.29) is 5.97 Å². The zero-order chi connectivity index (χ0) is 10.9. The molecule has 3 nitrogen and oxygen atoms in total. The van der Waals surface area contributed by atoms with Crippen LogP contribution in [0.15, 0.2) is 11.4 Å². The van der Waals surface area contributed by atoms with E-state index in [1.54, 1.807) is 11.3 Å². The van der Waals surface area contributed by atoms with E-state index < -0.39 is 5.41 Å². The third-order valence-corrected chi connectivity index (χ3v) is 3.87. The summed E-state index contributed by atoms with van der Waals surface area (Å²) in [6, 6.07) is 2.07. The van der Waals surface area contributed by atoms with Crippen molar-refractivity contribution in [2.75, 3.05) is 20.3 Å². The minimum atomic E-state index is -0.426. The summed E-state index contributed by atoms with van der Waals surface area (Å²) >= 11 is 1.69. The average molecular weight is 226 g/mol. The summed E-state index contributed by atoms with van der Waals surface area (Å²) in [5.41, 5.74) is 0.819. The molecule has 1 aromatic rings. The van der Waals surface area contributed by atoms with Gasteiger partial charge in [0.1, 0.15) is 5.41 Å². The lowest BCUT2D eigenvalue weighted by atomic mass is 9.81. The Labute approximate surface area is 93.0 Å². The van der Waals surface area contributed by atoms with Crippen LogP contribution < -0.4 is 0 Å². The molecule has 1 saturated heterocycles. The Balaban J connectivity index is 2.15. The van der Waals surface area contributed by atoms with Crippen molar-refractivity contribution in [1.29, 1.82) is 0 Å². The average Bonchev–Trinajstić information content (AvgIpc) is 2.56. The monoisotopic (exact) mass is 226 g/mol. The van der Waals surface area contributed by atoms with Gasteiger partial charge in [0.15, 0.2) is 0 Å². The Morgan fingerprint density at radius 3 is 2.80 bits per heavy atom. The summed E-state index contributed by atoms with van der Waals surface area (Å²) in [7, 11) is 1.43. The van der Waals surface area contributed by atoms with Crippen molar-refractivity contribution in [3.05, 3.63) is 21.9 Å². The second kappa shape index (κ2) is 3.94. The number of ether oxygens (including phenoxy) is 2. The highest BCUT2D eigenvalue weighted by molar-refractivity contribution is 7.10. The van der Waals surface area contributed by atoms with E-state index in [9.17, 15) is 4.79 Å². The lowest BCUT2D eigenvalue weighted by Crippen LogP contribution is -2.51. The third kappa shape index (κ3) is 1.79. The van der Waals surface area contributed by atoms with Crippen LogP contribution in [0.2, 0.25) is 0 Å². The van der Waals surface area contributed by atoms with Gasteiger partial charge in [-0.05, 0) is 23.9 Å². The van der Waals surface area contributed by atoms with Crippen molar-refractivity contribution in [2.24, 2.45) is 5.41 Å². The van der Waals surface area contributed by atoms with Crippen LogP contribution in [0.5, 0.6) is 0 Å². The predicted molar refractivity (Wildman–Crippen MR) is 58.0 cm³/mol. The lowest BCUT2D eigenvalue weighted by molar-refractivity contribution is -0.182. The van der Waals surface area contributed by atoms with E-state index in [0.29, 0.717) is 13.2 Å². The Morgan fingerprint density at radius 2 is 2.40 bits per heavy atom. The van der Waals surface area contributed by atoms with Gasteiger partial charge in [-0.2, -0.15) is 0 Å². The van der Waals surface area contributed by atoms with Gasteiger partial charge in [-0.3, -0.25) is 4.79 Å². The summed E-state index contributed by atoms with van der Waals surface area (Å²) in [5.74, 6) is -0.151. The van der Waals surface area contributed by atoms with Crippen LogP contribution in [0, 0.1) is 12.3 Å². The second-order valence-electron chi connectivity index (χ2n) is 3.97. The summed E-state index contributed by atoms with van der Waals surface area (Å²) in [6.45, 7) is 3.03. The number of carbonyl (C=O) groups excluding carboxylic acids is 1. The number of esters is 1. The molecule has 1 aromatic heterocycles. The van der Waals surface area contributed by atoms with Crippen molar-refractivity contribution in [3.8, 4) is 0 Å². The molecule has 15 heavy (non-hydrogen) atoms. The highest BCUT2D eigenvalue weighted by Gasteiger charge is 2.47. The Bertz CT molecular complexity index is 366. The van der Waals surface area contributed by atoms with Gasteiger partial charge in [0, 0.05) is 11.3 Å². The standard InChI is InChI=1S/C11H14O3S/c1-8-3-4-15-9(8)5-11(6-14-7-11)10(12)13-2/h3-4H,5-7H2,1-2H3. The van der Waals surface area contributed by atoms with Crippen molar-refractivity contribution < 1.29 is 14.3 Å². The topological polar surface area (TPSA) is 35.5 Å². The van der Waals surface area contributed by atoms with E-state index in [2.05, 4.69) is 18.4 Å². The number of thiophene rings is 1. The SMILES string of the molecule is COC(=O)C1(Cc2sccc2C)COC1. The zero-order valence-electron chi connectivity index (χ0n) is 8.91. The Morgan fingerprint density at radius 1 is 1.67 bits per heavy atom. The molecule has 0 aliphatic carbocycles. The summed E-state index contributed by atoms with van der Waals surface area (Å²) in [5, 5.41) is 2.05. The Kier molecular flexibility index (Phi) is 2.80. The van der Waals surface area contributed by atoms with E-state index in [4.69, 9.17) is 9.47 Å². The fourth-order valence-corrected chi connectivity index (χ4v) is 2.80. The number of rotatable bonds is 3. The Hall–Kier alpha value is -0.870. The second-order valence-corrected chi connectivity index (χ2v) is 4.97. The van der Waals surface area contributed by atoms with Crippen LogP contribution in [0.4, 0.5) is 0 Å². The van der Waals surface area contributed by atoms with Crippen LogP contribution in [0.3, 0.4) is 0 Å². The molecule has 2 rings (SSSR count). The fourth-order valence-electron chi connectivity index (χ4n) is 1.75. The maximum absolute atomic E-state index is 11.7. The van der Waals surface area contributed by atoms with Gasteiger partial charge in [0.2, 0.25) is 0 Å². The normalized spacial score (nSPS) is 18.3. The first-order valence-corrected chi connectivity index (χ1v) is 5.75. The zero-order valence-corrected chi connectivity index (χ0v) is 9.73. The minimum absolute atomic E-state index is 0.151. The summed E-state index contributed by atoms with van der Waals surface area (Å²) in [4.78, 5) is 12.9. The number of aryl methyl sites for hydroxylation is 1. The van der Waals surface area contributed by atoms with E-state index >= 15 is 0 Å².